The summed E-state index contributed by atoms with van der Waals surface area (Å²) in [6.45, 7) is 10.1. The molecule has 94 valence electrons. The molecule has 3 nitrogen and oxygen atoms in total. The third-order valence-corrected chi connectivity index (χ3v) is 3.95. The molecular formula is C11H22N2OS2. The van der Waals surface area contributed by atoms with Crippen molar-refractivity contribution < 1.29 is 4.74 Å². The summed E-state index contributed by atoms with van der Waals surface area (Å²) in [6, 6.07) is 0. The average molecular weight is 262 g/mol. The number of thioether (sulfide) groups is 1. The van der Waals surface area contributed by atoms with E-state index in [9.17, 15) is 0 Å². The van der Waals surface area contributed by atoms with Crippen LogP contribution in [0.1, 0.15) is 27.7 Å². The van der Waals surface area contributed by atoms with Crippen molar-refractivity contribution in [1.29, 1.82) is 0 Å². The lowest BCUT2D eigenvalue weighted by molar-refractivity contribution is -0.0472. The van der Waals surface area contributed by atoms with Crippen LogP contribution in [0.3, 0.4) is 0 Å². The van der Waals surface area contributed by atoms with Gasteiger partial charge in [-0.1, -0.05) is 6.92 Å². The smallest absolute Gasteiger partial charge is 0.171 e. The van der Waals surface area contributed by atoms with Crippen LogP contribution < -0.4 is 5.32 Å². The summed E-state index contributed by atoms with van der Waals surface area (Å²) >= 11 is 7.27. The van der Waals surface area contributed by atoms with Gasteiger partial charge >= 0.3 is 0 Å². The summed E-state index contributed by atoms with van der Waals surface area (Å²) in [7, 11) is 0. The Bertz CT molecular complexity index is 246. The largest absolute Gasteiger partial charge is 0.363 e. The minimum Gasteiger partial charge on any atom is -0.363 e. The number of thiocarbonyl (C=S) groups is 1. The number of hydrogen-bond donors (Lipinski definition) is 1. The molecule has 0 aliphatic carbocycles. The Kier molecular flexibility index (Phi) is 5.34. The van der Waals surface area contributed by atoms with Crippen molar-refractivity contribution in [1.82, 2.24) is 10.2 Å². The summed E-state index contributed by atoms with van der Waals surface area (Å²) in [4.78, 5) is 2.15. The molecule has 1 saturated heterocycles. The van der Waals surface area contributed by atoms with Crippen molar-refractivity contribution in [3.8, 4) is 0 Å². The maximum Gasteiger partial charge on any atom is 0.171 e. The summed E-state index contributed by atoms with van der Waals surface area (Å²) in [5.41, 5.74) is -0.280. The minimum absolute atomic E-state index is 0.280. The Morgan fingerprint density at radius 2 is 2.25 bits per heavy atom. The molecule has 1 aliphatic heterocycles. The van der Waals surface area contributed by atoms with Gasteiger partial charge in [-0.2, -0.15) is 11.8 Å². The Hall–Kier alpha value is -0.0000000000000000763. The van der Waals surface area contributed by atoms with Crippen LogP contribution in [0.15, 0.2) is 0 Å². The lowest BCUT2D eigenvalue weighted by Crippen LogP contribution is -2.48. The van der Waals surface area contributed by atoms with E-state index in [-0.39, 0.29) is 11.8 Å². The highest BCUT2D eigenvalue weighted by Crippen LogP contribution is 2.28. The molecule has 1 N–H and O–H groups in total. The first kappa shape index (κ1) is 14.1. The van der Waals surface area contributed by atoms with Gasteiger partial charge in [0.15, 0.2) is 5.11 Å². The Labute approximate surface area is 108 Å². The highest BCUT2D eigenvalue weighted by Gasteiger charge is 2.40. The van der Waals surface area contributed by atoms with Gasteiger partial charge in [-0.3, -0.25) is 0 Å². The molecule has 5 heteroatoms. The van der Waals surface area contributed by atoms with Crippen LogP contribution in [0.25, 0.3) is 0 Å². The first-order valence-electron chi connectivity index (χ1n) is 5.82. The SMILES string of the molecule is CCNC(=S)N1CC(CSCC)OC1(C)C. The van der Waals surface area contributed by atoms with Gasteiger partial charge in [-0.05, 0) is 38.7 Å². The van der Waals surface area contributed by atoms with Crippen LogP contribution >= 0.6 is 24.0 Å². The highest BCUT2D eigenvalue weighted by atomic mass is 32.2. The molecule has 1 rings (SSSR count). The molecular weight excluding hydrogens is 240 g/mol. The van der Waals surface area contributed by atoms with E-state index in [0.29, 0.717) is 0 Å². The number of ether oxygens (including phenoxy) is 1. The molecule has 0 aromatic carbocycles. The molecule has 16 heavy (non-hydrogen) atoms. The fraction of sp³-hybridized carbons (Fsp3) is 0.909. The molecule has 0 aromatic rings. The zero-order valence-corrected chi connectivity index (χ0v) is 12.2. The standard InChI is InChI=1S/C11H22N2OS2/c1-5-12-10(15)13-7-9(8-16-6-2)14-11(13,3)4/h9H,5-8H2,1-4H3,(H,12,15). The molecule has 0 aromatic heterocycles. The molecule has 1 fully saturated rings. The molecule has 1 aliphatic rings. The highest BCUT2D eigenvalue weighted by molar-refractivity contribution is 7.99. The molecule has 0 saturated carbocycles. The number of nitrogens with one attached hydrogen (secondary N) is 1. The Morgan fingerprint density at radius 1 is 1.56 bits per heavy atom. The fourth-order valence-electron chi connectivity index (χ4n) is 1.84. The lowest BCUT2D eigenvalue weighted by atomic mass is 10.3. The summed E-state index contributed by atoms with van der Waals surface area (Å²) in [5, 5.41) is 3.99. The molecule has 1 heterocycles. The third-order valence-electron chi connectivity index (χ3n) is 2.57. The van der Waals surface area contributed by atoms with Crippen LogP contribution in [0.5, 0.6) is 0 Å². The van der Waals surface area contributed by atoms with Gasteiger partial charge in [0.25, 0.3) is 0 Å². The monoisotopic (exact) mass is 262 g/mol. The van der Waals surface area contributed by atoms with Gasteiger partial charge in [0.05, 0.1) is 6.10 Å². The van der Waals surface area contributed by atoms with Crippen molar-refractivity contribution in [2.75, 3.05) is 24.6 Å². The molecule has 1 unspecified atom stereocenters. The van der Waals surface area contributed by atoms with Gasteiger partial charge in [-0.25, -0.2) is 0 Å². The maximum atomic E-state index is 6.01. The second kappa shape index (κ2) is 6.07. The number of rotatable bonds is 4. The van der Waals surface area contributed by atoms with E-state index in [4.69, 9.17) is 17.0 Å². The molecule has 0 spiro atoms. The van der Waals surface area contributed by atoms with Gasteiger partial charge in [0, 0.05) is 18.8 Å². The maximum absolute atomic E-state index is 6.01. The van der Waals surface area contributed by atoms with Crippen molar-refractivity contribution >= 4 is 29.1 Å². The first-order chi connectivity index (χ1) is 7.51. The topological polar surface area (TPSA) is 24.5 Å². The summed E-state index contributed by atoms with van der Waals surface area (Å²) < 4.78 is 6.01. The van der Waals surface area contributed by atoms with Crippen LogP contribution in [0.4, 0.5) is 0 Å². The average Bonchev–Trinajstić information content (AvgIpc) is 2.51. The van der Waals surface area contributed by atoms with E-state index in [0.717, 1.165) is 29.7 Å². The van der Waals surface area contributed by atoms with E-state index in [1.54, 1.807) is 0 Å². The number of nitrogens with zero attached hydrogens (tertiary/aromatic N) is 1. The second-order valence-corrected chi connectivity index (χ2v) is 6.00. The molecule has 0 bridgehead atoms. The lowest BCUT2D eigenvalue weighted by Gasteiger charge is -2.31. The molecule has 0 radical (unpaired) electrons. The zero-order chi connectivity index (χ0) is 12.2. The predicted molar refractivity (Wildman–Crippen MR) is 74.9 cm³/mol. The third kappa shape index (κ3) is 3.50. The van der Waals surface area contributed by atoms with Crippen LogP contribution in [-0.2, 0) is 4.74 Å². The Balaban J connectivity index is 2.54. The minimum atomic E-state index is -0.280. The van der Waals surface area contributed by atoms with Gasteiger partial charge < -0.3 is 15.0 Å². The van der Waals surface area contributed by atoms with E-state index < -0.39 is 0 Å². The van der Waals surface area contributed by atoms with E-state index >= 15 is 0 Å². The van der Waals surface area contributed by atoms with E-state index in [1.807, 2.05) is 11.8 Å². The molecule has 0 amide bonds. The van der Waals surface area contributed by atoms with Crippen LogP contribution in [0.2, 0.25) is 0 Å². The fourth-order valence-corrected chi connectivity index (χ4v) is 2.95. The van der Waals surface area contributed by atoms with E-state index in [2.05, 4.69) is 37.9 Å². The normalized spacial score (nSPS) is 23.5. The van der Waals surface area contributed by atoms with E-state index in [1.165, 1.54) is 0 Å². The predicted octanol–water partition coefficient (Wildman–Crippen LogP) is 2.07. The molecule has 1 atom stereocenters. The zero-order valence-electron chi connectivity index (χ0n) is 10.6. The quantitative estimate of drug-likeness (QED) is 0.782. The van der Waals surface area contributed by atoms with Crippen molar-refractivity contribution in [2.24, 2.45) is 0 Å². The van der Waals surface area contributed by atoms with Crippen molar-refractivity contribution in [3.63, 3.8) is 0 Å². The van der Waals surface area contributed by atoms with Gasteiger partial charge in [0.1, 0.15) is 5.72 Å². The van der Waals surface area contributed by atoms with Gasteiger partial charge in [-0.15, -0.1) is 0 Å². The van der Waals surface area contributed by atoms with Gasteiger partial charge in [0.2, 0.25) is 0 Å². The summed E-state index contributed by atoms with van der Waals surface area (Å²) in [5.74, 6) is 2.18. The summed E-state index contributed by atoms with van der Waals surface area (Å²) in [6.07, 6.45) is 0.288. The van der Waals surface area contributed by atoms with Crippen LogP contribution in [-0.4, -0.2) is 46.4 Å². The first-order valence-corrected chi connectivity index (χ1v) is 7.38. The van der Waals surface area contributed by atoms with Crippen molar-refractivity contribution in [2.45, 2.75) is 39.5 Å². The Morgan fingerprint density at radius 3 is 2.81 bits per heavy atom. The number of hydrogen-bond acceptors (Lipinski definition) is 3. The second-order valence-electron chi connectivity index (χ2n) is 4.29. The van der Waals surface area contributed by atoms with Crippen molar-refractivity contribution in [3.05, 3.63) is 0 Å². The van der Waals surface area contributed by atoms with Crippen LogP contribution in [0, 0.1) is 0 Å².